The highest BCUT2D eigenvalue weighted by molar-refractivity contribution is 5.44. The van der Waals surface area contributed by atoms with E-state index in [1.165, 1.54) is 5.56 Å². The number of rotatable bonds is 4. The first-order valence-corrected chi connectivity index (χ1v) is 8.90. The quantitative estimate of drug-likeness (QED) is 0.824. The van der Waals surface area contributed by atoms with Gasteiger partial charge in [-0.25, -0.2) is 4.98 Å². The molecule has 0 bridgehead atoms. The first-order valence-electron chi connectivity index (χ1n) is 8.90. The molecular formula is C18H24N6O. The normalized spacial score (nSPS) is 19.2. The summed E-state index contributed by atoms with van der Waals surface area (Å²) in [5.41, 5.74) is 1.27. The molecule has 25 heavy (non-hydrogen) atoms. The molecule has 0 spiro atoms. The second-order valence-electron chi connectivity index (χ2n) is 6.44. The maximum atomic E-state index is 5.41. The SMILES string of the molecule is c1cncc(CN2CCN(c3ccnc(N4CCOCC4)n3)CC2)c1. The highest BCUT2D eigenvalue weighted by Crippen LogP contribution is 2.18. The van der Waals surface area contributed by atoms with Crippen LogP contribution in [0.1, 0.15) is 5.56 Å². The summed E-state index contributed by atoms with van der Waals surface area (Å²) in [5, 5.41) is 0. The predicted octanol–water partition coefficient (Wildman–Crippen LogP) is 1.03. The molecule has 0 atom stereocenters. The summed E-state index contributed by atoms with van der Waals surface area (Å²) < 4.78 is 5.41. The minimum absolute atomic E-state index is 0.751. The van der Waals surface area contributed by atoms with Crippen LogP contribution in [0.2, 0.25) is 0 Å². The molecule has 4 heterocycles. The van der Waals surface area contributed by atoms with Gasteiger partial charge in [-0.15, -0.1) is 0 Å². The van der Waals surface area contributed by atoms with Gasteiger partial charge in [0.25, 0.3) is 0 Å². The summed E-state index contributed by atoms with van der Waals surface area (Å²) in [6, 6.07) is 6.15. The van der Waals surface area contributed by atoms with Crippen LogP contribution in [0.15, 0.2) is 36.8 Å². The van der Waals surface area contributed by atoms with E-state index in [1.807, 2.05) is 30.7 Å². The average molecular weight is 340 g/mol. The molecule has 0 unspecified atom stereocenters. The topological polar surface area (TPSA) is 57.6 Å². The van der Waals surface area contributed by atoms with E-state index in [0.717, 1.165) is 70.8 Å². The van der Waals surface area contributed by atoms with Crippen LogP contribution in [0.3, 0.4) is 0 Å². The van der Waals surface area contributed by atoms with Crippen LogP contribution in [0.4, 0.5) is 11.8 Å². The molecule has 132 valence electrons. The van der Waals surface area contributed by atoms with E-state index < -0.39 is 0 Å². The zero-order valence-corrected chi connectivity index (χ0v) is 14.4. The fourth-order valence-electron chi connectivity index (χ4n) is 3.32. The number of nitrogens with zero attached hydrogens (tertiary/aromatic N) is 6. The molecule has 2 fully saturated rings. The van der Waals surface area contributed by atoms with Gasteiger partial charge in [0.15, 0.2) is 0 Å². The third-order valence-corrected chi connectivity index (χ3v) is 4.75. The molecule has 0 N–H and O–H groups in total. The Morgan fingerprint density at radius 2 is 1.76 bits per heavy atom. The lowest BCUT2D eigenvalue weighted by Gasteiger charge is -2.35. The molecule has 2 aromatic heterocycles. The van der Waals surface area contributed by atoms with Crippen molar-refractivity contribution in [2.75, 3.05) is 62.3 Å². The maximum absolute atomic E-state index is 5.41. The zero-order valence-electron chi connectivity index (χ0n) is 14.4. The van der Waals surface area contributed by atoms with Gasteiger partial charge in [0, 0.05) is 64.4 Å². The molecule has 2 aromatic rings. The van der Waals surface area contributed by atoms with Gasteiger partial charge in [0.1, 0.15) is 5.82 Å². The van der Waals surface area contributed by atoms with Crippen molar-refractivity contribution < 1.29 is 4.74 Å². The fraction of sp³-hybridized carbons (Fsp3) is 0.500. The standard InChI is InChI=1S/C18H24N6O/c1-2-16(14-19-4-1)15-22-6-8-23(9-7-22)17-3-5-20-18(21-17)24-10-12-25-13-11-24/h1-5,14H,6-13,15H2. The molecule has 0 aliphatic carbocycles. The Morgan fingerprint density at radius 1 is 0.920 bits per heavy atom. The van der Waals surface area contributed by atoms with E-state index >= 15 is 0 Å². The van der Waals surface area contributed by atoms with Gasteiger partial charge < -0.3 is 14.5 Å². The van der Waals surface area contributed by atoms with Gasteiger partial charge in [-0.3, -0.25) is 9.88 Å². The van der Waals surface area contributed by atoms with E-state index in [-0.39, 0.29) is 0 Å². The van der Waals surface area contributed by atoms with Crippen LogP contribution in [0.25, 0.3) is 0 Å². The van der Waals surface area contributed by atoms with Gasteiger partial charge >= 0.3 is 0 Å². The van der Waals surface area contributed by atoms with Gasteiger partial charge in [-0.2, -0.15) is 4.98 Å². The Bertz CT molecular complexity index is 668. The number of pyridine rings is 1. The Labute approximate surface area is 148 Å². The average Bonchev–Trinajstić information content (AvgIpc) is 2.70. The molecule has 0 radical (unpaired) electrons. The minimum atomic E-state index is 0.751. The molecular weight excluding hydrogens is 316 g/mol. The van der Waals surface area contributed by atoms with E-state index in [2.05, 4.69) is 30.7 Å². The number of anilines is 2. The number of ether oxygens (including phenoxy) is 1. The van der Waals surface area contributed by atoms with Crippen LogP contribution >= 0.6 is 0 Å². The molecule has 2 saturated heterocycles. The van der Waals surface area contributed by atoms with Crippen LogP contribution in [-0.2, 0) is 11.3 Å². The van der Waals surface area contributed by atoms with Crippen LogP contribution in [-0.4, -0.2) is 72.3 Å². The zero-order chi connectivity index (χ0) is 16.9. The number of aromatic nitrogens is 3. The molecule has 0 saturated carbocycles. The molecule has 7 nitrogen and oxygen atoms in total. The second kappa shape index (κ2) is 7.76. The third kappa shape index (κ3) is 4.05. The third-order valence-electron chi connectivity index (χ3n) is 4.75. The van der Waals surface area contributed by atoms with Crippen molar-refractivity contribution in [2.45, 2.75) is 6.54 Å². The summed E-state index contributed by atoms with van der Waals surface area (Å²) in [5.74, 6) is 1.84. The van der Waals surface area contributed by atoms with Crippen molar-refractivity contribution in [1.82, 2.24) is 19.9 Å². The number of morpholine rings is 1. The summed E-state index contributed by atoms with van der Waals surface area (Å²) in [6.45, 7) is 8.23. The Balaban J connectivity index is 1.36. The monoisotopic (exact) mass is 340 g/mol. The smallest absolute Gasteiger partial charge is 0.227 e. The Hall–Kier alpha value is -2.25. The van der Waals surface area contributed by atoms with Crippen molar-refractivity contribution in [1.29, 1.82) is 0 Å². The van der Waals surface area contributed by atoms with Crippen LogP contribution in [0.5, 0.6) is 0 Å². The lowest BCUT2D eigenvalue weighted by Crippen LogP contribution is -2.46. The van der Waals surface area contributed by atoms with Crippen molar-refractivity contribution in [2.24, 2.45) is 0 Å². The highest BCUT2D eigenvalue weighted by atomic mass is 16.5. The maximum Gasteiger partial charge on any atom is 0.227 e. The predicted molar refractivity (Wildman–Crippen MR) is 96.8 cm³/mol. The Morgan fingerprint density at radius 3 is 2.52 bits per heavy atom. The van der Waals surface area contributed by atoms with Crippen LogP contribution < -0.4 is 9.80 Å². The summed E-state index contributed by atoms with van der Waals surface area (Å²) in [6.07, 6.45) is 5.64. The highest BCUT2D eigenvalue weighted by Gasteiger charge is 2.20. The van der Waals surface area contributed by atoms with E-state index in [0.29, 0.717) is 0 Å². The largest absolute Gasteiger partial charge is 0.378 e. The number of piperazine rings is 1. The van der Waals surface area contributed by atoms with E-state index in [9.17, 15) is 0 Å². The lowest BCUT2D eigenvalue weighted by atomic mass is 10.2. The minimum Gasteiger partial charge on any atom is -0.378 e. The van der Waals surface area contributed by atoms with Gasteiger partial charge in [-0.1, -0.05) is 6.07 Å². The first-order chi connectivity index (χ1) is 12.4. The van der Waals surface area contributed by atoms with Crippen molar-refractivity contribution in [3.63, 3.8) is 0 Å². The van der Waals surface area contributed by atoms with Gasteiger partial charge in [-0.05, 0) is 17.7 Å². The molecule has 7 heteroatoms. The summed E-state index contributed by atoms with van der Waals surface area (Å²) in [4.78, 5) is 20.5. The first kappa shape index (κ1) is 16.2. The Kier molecular flexibility index (Phi) is 5.03. The number of hydrogen-bond donors (Lipinski definition) is 0. The molecule has 4 rings (SSSR count). The second-order valence-corrected chi connectivity index (χ2v) is 6.44. The van der Waals surface area contributed by atoms with Crippen molar-refractivity contribution >= 4 is 11.8 Å². The molecule has 0 amide bonds. The fourth-order valence-corrected chi connectivity index (χ4v) is 3.32. The lowest BCUT2D eigenvalue weighted by molar-refractivity contribution is 0.122. The molecule has 2 aliphatic rings. The summed E-state index contributed by atoms with van der Waals surface area (Å²) >= 11 is 0. The molecule has 0 aromatic carbocycles. The van der Waals surface area contributed by atoms with Crippen molar-refractivity contribution in [3.8, 4) is 0 Å². The van der Waals surface area contributed by atoms with E-state index in [4.69, 9.17) is 9.72 Å². The summed E-state index contributed by atoms with van der Waals surface area (Å²) in [7, 11) is 0. The van der Waals surface area contributed by atoms with Crippen molar-refractivity contribution in [3.05, 3.63) is 42.4 Å². The molecule has 2 aliphatic heterocycles. The van der Waals surface area contributed by atoms with Gasteiger partial charge in [0.05, 0.1) is 13.2 Å². The van der Waals surface area contributed by atoms with Crippen LogP contribution in [0, 0.1) is 0 Å². The number of hydrogen-bond acceptors (Lipinski definition) is 7. The van der Waals surface area contributed by atoms with E-state index in [1.54, 1.807) is 0 Å². The van der Waals surface area contributed by atoms with Gasteiger partial charge in [0.2, 0.25) is 5.95 Å².